The molecule has 2 aromatic heterocycles. The van der Waals surface area contributed by atoms with Gasteiger partial charge in [0, 0.05) is 19.8 Å². The molecule has 0 radical (unpaired) electrons. The second kappa shape index (κ2) is 5.85. The van der Waals surface area contributed by atoms with E-state index in [0.29, 0.717) is 18.8 Å². The summed E-state index contributed by atoms with van der Waals surface area (Å²) in [5.74, 6) is 0.0637. The van der Waals surface area contributed by atoms with Crippen LogP contribution in [0.15, 0.2) is 23.6 Å². The van der Waals surface area contributed by atoms with Crippen LogP contribution in [0.4, 0.5) is 4.39 Å². The van der Waals surface area contributed by atoms with Gasteiger partial charge in [-0.15, -0.1) is 0 Å². The lowest BCUT2D eigenvalue weighted by Gasteiger charge is -2.15. The van der Waals surface area contributed by atoms with E-state index < -0.39 is 15.8 Å². The number of imidazole rings is 1. The zero-order valence-corrected chi connectivity index (χ0v) is 13.5. The lowest BCUT2D eigenvalue weighted by Crippen LogP contribution is -2.31. The Hall–Kier alpha value is -2.07. The van der Waals surface area contributed by atoms with Crippen LogP contribution in [-0.4, -0.2) is 51.4 Å². The summed E-state index contributed by atoms with van der Waals surface area (Å²) in [4.78, 5) is 11.5. The van der Waals surface area contributed by atoms with Gasteiger partial charge in [-0.3, -0.25) is 0 Å². The van der Waals surface area contributed by atoms with Crippen LogP contribution >= 0.6 is 0 Å². The molecule has 1 saturated heterocycles. The van der Waals surface area contributed by atoms with Gasteiger partial charge in [0.25, 0.3) is 10.0 Å². The first-order chi connectivity index (χ1) is 10.9. The summed E-state index contributed by atoms with van der Waals surface area (Å²) in [5.41, 5.74) is 0. The fourth-order valence-corrected chi connectivity index (χ4v) is 3.82. The van der Waals surface area contributed by atoms with Crippen LogP contribution in [0, 0.1) is 12.7 Å². The molecule has 0 amide bonds. The van der Waals surface area contributed by atoms with Crippen LogP contribution in [-0.2, 0) is 17.1 Å². The number of halogens is 1. The van der Waals surface area contributed by atoms with Crippen molar-refractivity contribution in [2.75, 3.05) is 13.1 Å². The van der Waals surface area contributed by atoms with Crippen molar-refractivity contribution in [3.05, 3.63) is 30.2 Å². The molecular weight excluding hydrogens is 325 g/mol. The van der Waals surface area contributed by atoms with E-state index in [9.17, 15) is 12.8 Å². The largest absolute Gasteiger partial charge is 0.459 e. The third kappa shape index (κ3) is 3.17. The molecule has 0 N–H and O–H groups in total. The van der Waals surface area contributed by atoms with Crippen LogP contribution in [0.3, 0.4) is 0 Å². The lowest BCUT2D eigenvalue weighted by atomic mass is 10.3. The molecule has 0 aromatic carbocycles. The quantitative estimate of drug-likeness (QED) is 0.804. The number of ether oxygens (including phenoxy) is 1. The van der Waals surface area contributed by atoms with E-state index in [1.54, 1.807) is 18.5 Å². The predicted octanol–water partition coefficient (Wildman–Crippen LogP) is 0.500. The van der Waals surface area contributed by atoms with E-state index >= 15 is 0 Å². The van der Waals surface area contributed by atoms with Crippen LogP contribution in [0.2, 0.25) is 0 Å². The molecule has 23 heavy (non-hydrogen) atoms. The minimum Gasteiger partial charge on any atom is -0.459 e. The summed E-state index contributed by atoms with van der Waals surface area (Å²) >= 11 is 0. The molecule has 0 bridgehead atoms. The third-order valence-corrected chi connectivity index (χ3v) is 5.40. The average Bonchev–Trinajstić information content (AvgIpc) is 3.10. The number of hydrogen-bond donors (Lipinski definition) is 0. The van der Waals surface area contributed by atoms with Crippen molar-refractivity contribution in [1.29, 1.82) is 0 Å². The molecular formula is C13H16FN5O3S. The lowest BCUT2D eigenvalue weighted by molar-refractivity contribution is 0.197. The second-order valence-electron chi connectivity index (χ2n) is 5.31. The fraction of sp³-hybridized carbons (Fsp3) is 0.462. The Kier molecular flexibility index (Phi) is 4.02. The zero-order valence-electron chi connectivity index (χ0n) is 12.7. The third-order valence-electron chi connectivity index (χ3n) is 3.67. The molecule has 124 valence electrons. The Bertz CT molecular complexity index is 786. The standard InChI is InChI=1S/C13H16FN5O3S/c1-9-17-12(8-18(9)2)23(20,21)19-4-3-11(7-19)22-13-15-5-10(14)6-16-13/h5-6,8,11H,3-4,7H2,1-2H3. The van der Waals surface area contributed by atoms with Gasteiger partial charge >= 0.3 is 6.01 Å². The average molecular weight is 341 g/mol. The normalized spacial score (nSPS) is 19.2. The summed E-state index contributed by atoms with van der Waals surface area (Å²) in [6, 6.07) is 0.0318. The highest BCUT2D eigenvalue weighted by Gasteiger charge is 2.35. The van der Waals surface area contributed by atoms with Crippen LogP contribution in [0.5, 0.6) is 6.01 Å². The summed E-state index contributed by atoms with van der Waals surface area (Å²) in [6.45, 7) is 2.24. The van der Waals surface area contributed by atoms with E-state index in [-0.39, 0.29) is 23.7 Å². The van der Waals surface area contributed by atoms with Crippen LogP contribution in [0.1, 0.15) is 12.2 Å². The molecule has 0 aliphatic carbocycles. The molecule has 1 aliphatic rings. The van der Waals surface area contributed by atoms with Crippen LogP contribution in [0.25, 0.3) is 0 Å². The van der Waals surface area contributed by atoms with E-state index in [4.69, 9.17) is 4.74 Å². The molecule has 3 rings (SSSR count). The van der Waals surface area contributed by atoms with Gasteiger partial charge in [0.2, 0.25) is 0 Å². The second-order valence-corrected chi connectivity index (χ2v) is 7.20. The Morgan fingerprint density at radius 3 is 2.65 bits per heavy atom. The van der Waals surface area contributed by atoms with Crippen molar-refractivity contribution in [3.63, 3.8) is 0 Å². The number of aromatic nitrogens is 4. The van der Waals surface area contributed by atoms with E-state index in [1.807, 2.05) is 0 Å². The highest BCUT2D eigenvalue weighted by molar-refractivity contribution is 7.89. The smallest absolute Gasteiger partial charge is 0.316 e. The summed E-state index contributed by atoms with van der Waals surface area (Å²) in [7, 11) is -1.91. The summed E-state index contributed by atoms with van der Waals surface area (Å²) < 4.78 is 46.4. The van der Waals surface area contributed by atoms with Gasteiger partial charge in [0.1, 0.15) is 11.9 Å². The molecule has 2 aromatic rings. The monoisotopic (exact) mass is 341 g/mol. The maximum Gasteiger partial charge on any atom is 0.316 e. The zero-order chi connectivity index (χ0) is 16.6. The van der Waals surface area contributed by atoms with Crippen molar-refractivity contribution in [1.82, 2.24) is 23.8 Å². The molecule has 10 heteroatoms. The SMILES string of the molecule is Cc1nc(S(=O)(=O)N2CCC(Oc3ncc(F)cn3)C2)cn1C. The van der Waals surface area contributed by atoms with Gasteiger partial charge in [-0.1, -0.05) is 0 Å². The highest BCUT2D eigenvalue weighted by atomic mass is 32.2. The highest BCUT2D eigenvalue weighted by Crippen LogP contribution is 2.22. The number of hydrogen-bond acceptors (Lipinski definition) is 6. The van der Waals surface area contributed by atoms with Gasteiger partial charge in [-0.05, 0) is 13.3 Å². The van der Waals surface area contributed by atoms with Gasteiger partial charge in [0.05, 0.1) is 18.9 Å². The molecule has 0 saturated carbocycles. The van der Waals surface area contributed by atoms with Gasteiger partial charge in [0.15, 0.2) is 10.8 Å². The topological polar surface area (TPSA) is 90.2 Å². The van der Waals surface area contributed by atoms with Crippen molar-refractivity contribution in [3.8, 4) is 6.01 Å². The first-order valence-corrected chi connectivity index (χ1v) is 8.44. The Morgan fingerprint density at radius 2 is 2.04 bits per heavy atom. The maximum absolute atomic E-state index is 12.8. The Morgan fingerprint density at radius 1 is 1.35 bits per heavy atom. The van der Waals surface area contributed by atoms with Gasteiger partial charge in [-0.25, -0.2) is 27.8 Å². The first-order valence-electron chi connectivity index (χ1n) is 7.00. The van der Waals surface area contributed by atoms with Gasteiger partial charge < -0.3 is 9.30 Å². The number of sulfonamides is 1. The number of rotatable bonds is 4. The van der Waals surface area contributed by atoms with Crippen molar-refractivity contribution in [2.45, 2.75) is 24.5 Å². The molecule has 0 spiro atoms. The van der Waals surface area contributed by atoms with Crippen molar-refractivity contribution in [2.24, 2.45) is 7.05 Å². The van der Waals surface area contributed by atoms with Crippen molar-refractivity contribution < 1.29 is 17.5 Å². The summed E-state index contributed by atoms with van der Waals surface area (Å²) in [5, 5.41) is 0.0242. The van der Waals surface area contributed by atoms with Gasteiger partial charge in [-0.2, -0.15) is 4.31 Å². The predicted molar refractivity (Wildman–Crippen MR) is 77.7 cm³/mol. The summed E-state index contributed by atoms with van der Waals surface area (Å²) in [6.07, 6.45) is 3.62. The maximum atomic E-state index is 12.8. The number of nitrogens with zero attached hydrogens (tertiary/aromatic N) is 5. The number of aryl methyl sites for hydroxylation is 2. The van der Waals surface area contributed by atoms with E-state index in [2.05, 4.69) is 15.0 Å². The van der Waals surface area contributed by atoms with Crippen LogP contribution < -0.4 is 4.74 Å². The van der Waals surface area contributed by atoms with Crippen molar-refractivity contribution >= 4 is 10.0 Å². The molecule has 8 nitrogen and oxygen atoms in total. The minimum atomic E-state index is -3.65. The first kappa shape index (κ1) is 15.8. The minimum absolute atomic E-state index is 0.0242. The fourth-order valence-electron chi connectivity index (χ4n) is 2.31. The molecule has 1 aliphatic heterocycles. The molecule has 1 atom stereocenters. The molecule has 3 heterocycles. The Labute approximate surface area is 133 Å². The van der Waals surface area contributed by atoms with E-state index in [0.717, 1.165) is 12.4 Å². The molecule has 1 fully saturated rings. The molecule has 1 unspecified atom stereocenters. The van der Waals surface area contributed by atoms with E-state index in [1.165, 1.54) is 10.5 Å². The Balaban J connectivity index is 1.70.